The zero-order valence-corrected chi connectivity index (χ0v) is 7.65. The molecular weight excluding hydrogens is 160 g/mol. The molecule has 0 amide bonds. The van der Waals surface area contributed by atoms with E-state index < -0.39 is 18.4 Å². The van der Waals surface area contributed by atoms with Crippen molar-refractivity contribution in [1.82, 2.24) is 0 Å². The van der Waals surface area contributed by atoms with Gasteiger partial charge in [0.05, 0.1) is 12.0 Å². The van der Waals surface area contributed by atoms with Crippen LogP contribution in [0.4, 0.5) is 0 Å². The lowest BCUT2D eigenvalue weighted by Gasteiger charge is -2.14. The van der Waals surface area contributed by atoms with E-state index in [-0.39, 0.29) is 12.3 Å². The maximum Gasteiger partial charge on any atom is 0.310 e. The molecule has 0 fully saturated rings. The van der Waals surface area contributed by atoms with Gasteiger partial charge in [0.25, 0.3) is 0 Å². The van der Waals surface area contributed by atoms with Crippen molar-refractivity contribution in [3.05, 3.63) is 0 Å². The van der Waals surface area contributed by atoms with Crippen LogP contribution in [-0.4, -0.2) is 28.6 Å². The SMILES string of the molecule is CC(O)CC(O)OC(=O)C(C)C. The van der Waals surface area contributed by atoms with Crippen molar-refractivity contribution < 1.29 is 19.7 Å². The van der Waals surface area contributed by atoms with Crippen molar-refractivity contribution in [3.8, 4) is 0 Å². The molecule has 2 unspecified atom stereocenters. The molecule has 0 spiro atoms. The van der Waals surface area contributed by atoms with Crippen LogP contribution in [0.15, 0.2) is 0 Å². The van der Waals surface area contributed by atoms with E-state index in [0.717, 1.165) is 0 Å². The minimum Gasteiger partial charge on any atom is -0.436 e. The molecule has 0 aromatic heterocycles. The molecule has 0 aliphatic carbocycles. The lowest BCUT2D eigenvalue weighted by Crippen LogP contribution is -2.24. The molecule has 72 valence electrons. The first-order chi connectivity index (χ1) is 5.43. The van der Waals surface area contributed by atoms with E-state index in [1.54, 1.807) is 13.8 Å². The van der Waals surface area contributed by atoms with Gasteiger partial charge in [-0.25, -0.2) is 0 Å². The van der Waals surface area contributed by atoms with Crippen molar-refractivity contribution in [2.75, 3.05) is 0 Å². The summed E-state index contributed by atoms with van der Waals surface area (Å²) >= 11 is 0. The van der Waals surface area contributed by atoms with Crippen LogP contribution >= 0.6 is 0 Å². The van der Waals surface area contributed by atoms with Crippen LogP contribution in [0.3, 0.4) is 0 Å². The van der Waals surface area contributed by atoms with Crippen LogP contribution in [-0.2, 0) is 9.53 Å². The van der Waals surface area contributed by atoms with Gasteiger partial charge in [0.1, 0.15) is 0 Å². The van der Waals surface area contributed by atoms with Crippen LogP contribution in [0.1, 0.15) is 27.2 Å². The molecule has 0 bridgehead atoms. The van der Waals surface area contributed by atoms with E-state index in [9.17, 15) is 4.79 Å². The number of hydrogen-bond acceptors (Lipinski definition) is 4. The summed E-state index contributed by atoms with van der Waals surface area (Å²) in [5, 5.41) is 17.9. The smallest absolute Gasteiger partial charge is 0.310 e. The minimum absolute atomic E-state index is 0.0540. The summed E-state index contributed by atoms with van der Waals surface area (Å²) in [6.07, 6.45) is -1.81. The van der Waals surface area contributed by atoms with E-state index in [4.69, 9.17) is 10.2 Å². The van der Waals surface area contributed by atoms with Crippen molar-refractivity contribution >= 4 is 5.97 Å². The molecule has 0 aromatic carbocycles. The number of ether oxygens (including phenoxy) is 1. The standard InChI is InChI=1S/C8H16O4/c1-5(2)8(11)12-7(10)4-6(3)9/h5-7,9-10H,4H2,1-3H3. The second-order valence-corrected chi connectivity index (χ2v) is 3.13. The fraction of sp³-hybridized carbons (Fsp3) is 0.875. The number of esters is 1. The van der Waals surface area contributed by atoms with Gasteiger partial charge in [0, 0.05) is 6.42 Å². The number of aliphatic hydroxyl groups is 2. The van der Waals surface area contributed by atoms with E-state index in [1.165, 1.54) is 6.92 Å². The van der Waals surface area contributed by atoms with Crippen molar-refractivity contribution in [2.24, 2.45) is 5.92 Å². The Hall–Kier alpha value is -0.610. The van der Waals surface area contributed by atoms with Gasteiger partial charge >= 0.3 is 5.97 Å². The first-order valence-electron chi connectivity index (χ1n) is 4.00. The summed E-state index contributed by atoms with van der Waals surface area (Å²) in [5.41, 5.74) is 0. The second kappa shape index (κ2) is 5.11. The summed E-state index contributed by atoms with van der Waals surface area (Å²) in [7, 11) is 0. The number of hydrogen-bond donors (Lipinski definition) is 2. The molecule has 0 aliphatic heterocycles. The quantitative estimate of drug-likeness (QED) is 0.477. The Labute approximate surface area is 72.2 Å². The van der Waals surface area contributed by atoms with Gasteiger partial charge in [-0.2, -0.15) is 0 Å². The maximum atomic E-state index is 10.9. The first kappa shape index (κ1) is 11.4. The summed E-state index contributed by atoms with van der Waals surface area (Å²) < 4.78 is 4.58. The molecule has 0 heterocycles. The van der Waals surface area contributed by atoms with Crippen LogP contribution in [0.5, 0.6) is 0 Å². The number of rotatable bonds is 4. The van der Waals surface area contributed by atoms with Crippen LogP contribution in [0.2, 0.25) is 0 Å². The molecule has 12 heavy (non-hydrogen) atoms. The maximum absolute atomic E-state index is 10.9. The molecule has 4 heteroatoms. The Balaban J connectivity index is 3.69. The van der Waals surface area contributed by atoms with Crippen molar-refractivity contribution in [3.63, 3.8) is 0 Å². The Morgan fingerprint density at radius 2 is 1.83 bits per heavy atom. The molecule has 4 nitrogen and oxygen atoms in total. The van der Waals surface area contributed by atoms with Crippen molar-refractivity contribution in [2.45, 2.75) is 39.6 Å². The zero-order chi connectivity index (χ0) is 9.72. The van der Waals surface area contributed by atoms with Gasteiger partial charge in [-0.1, -0.05) is 13.8 Å². The molecule has 0 radical (unpaired) electrons. The topological polar surface area (TPSA) is 66.8 Å². The highest BCUT2D eigenvalue weighted by atomic mass is 16.6. The van der Waals surface area contributed by atoms with Crippen LogP contribution in [0.25, 0.3) is 0 Å². The fourth-order valence-electron chi connectivity index (χ4n) is 0.610. The average molecular weight is 176 g/mol. The highest BCUT2D eigenvalue weighted by Gasteiger charge is 2.15. The second-order valence-electron chi connectivity index (χ2n) is 3.13. The Morgan fingerprint density at radius 3 is 2.17 bits per heavy atom. The average Bonchev–Trinajstić information content (AvgIpc) is 1.84. The summed E-state index contributed by atoms with van der Waals surface area (Å²) in [5.74, 6) is -0.711. The van der Waals surface area contributed by atoms with Gasteiger partial charge in [0.15, 0.2) is 0 Å². The molecule has 0 saturated carbocycles. The molecule has 2 N–H and O–H groups in total. The van der Waals surface area contributed by atoms with Gasteiger partial charge in [-0.05, 0) is 6.92 Å². The first-order valence-corrected chi connectivity index (χ1v) is 4.00. The van der Waals surface area contributed by atoms with Crippen molar-refractivity contribution in [1.29, 1.82) is 0 Å². The summed E-state index contributed by atoms with van der Waals surface area (Å²) in [4.78, 5) is 10.9. The normalized spacial score (nSPS) is 15.8. The lowest BCUT2D eigenvalue weighted by atomic mass is 10.2. The van der Waals surface area contributed by atoms with Gasteiger partial charge in [-0.3, -0.25) is 4.79 Å². The Kier molecular flexibility index (Phi) is 4.85. The lowest BCUT2D eigenvalue weighted by molar-refractivity contribution is -0.175. The fourth-order valence-corrected chi connectivity index (χ4v) is 0.610. The Bertz CT molecular complexity index is 142. The predicted molar refractivity (Wildman–Crippen MR) is 43.2 cm³/mol. The van der Waals surface area contributed by atoms with Crippen LogP contribution < -0.4 is 0 Å². The van der Waals surface area contributed by atoms with E-state index >= 15 is 0 Å². The summed E-state index contributed by atoms with van der Waals surface area (Å²) in [6.45, 7) is 4.88. The third kappa shape index (κ3) is 5.09. The monoisotopic (exact) mass is 176 g/mol. The minimum atomic E-state index is -1.19. The molecular formula is C8H16O4. The van der Waals surface area contributed by atoms with E-state index in [2.05, 4.69) is 4.74 Å². The van der Waals surface area contributed by atoms with Gasteiger partial charge in [-0.15, -0.1) is 0 Å². The molecule has 0 aliphatic rings. The third-order valence-corrected chi connectivity index (χ3v) is 1.27. The number of aliphatic hydroxyl groups excluding tert-OH is 2. The van der Waals surface area contributed by atoms with Gasteiger partial charge in [0.2, 0.25) is 6.29 Å². The highest BCUT2D eigenvalue weighted by Crippen LogP contribution is 2.03. The molecule has 0 saturated heterocycles. The van der Waals surface area contributed by atoms with E-state index in [0.29, 0.717) is 0 Å². The number of carbonyl (C=O) groups is 1. The predicted octanol–water partition coefficient (Wildman–Crippen LogP) is 0.275. The molecule has 2 atom stereocenters. The summed E-state index contributed by atoms with van der Waals surface area (Å²) in [6, 6.07) is 0. The van der Waals surface area contributed by atoms with Gasteiger partial charge < -0.3 is 14.9 Å². The molecule has 0 rings (SSSR count). The van der Waals surface area contributed by atoms with Crippen LogP contribution in [0, 0.1) is 5.92 Å². The highest BCUT2D eigenvalue weighted by molar-refractivity contribution is 5.71. The Morgan fingerprint density at radius 1 is 1.33 bits per heavy atom. The van der Waals surface area contributed by atoms with E-state index in [1.807, 2.05) is 0 Å². The largest absolute Gasteiger partial charge is 0.436 e. The third-order valence-electron chi connectivity index (χ3n) is 1.27. The zero-order valence-electron chi connectivity index (χ0n) is 7.65. The molecule has 0 aromatic rings. The number of carbonyl (C=O) groups excluding carboxylic acids is 1.